The second-order valence-corrected chi connectivity index (χ2v) is 15.3. The first kappa shape index (κ1) is 22.9. The molecule has 1 aliphatic rings. The highest BCUT2D eigenvalue weighted by Crippen LogP contribution is 2.49. The van der Waals surface area contributed by atoms with E-state index in [1.54, 1.807) is 6.26 Å². The molecule has 0 spiro atoms. The third kappa shape index (κ3) is 4.54. The molecule has 0 radical (unpaired) electrons. The Hall–Kier alpha value is -5.66. The van der Waals surface area contributed by atoms with Crippen molar-refractivity contribution in [2.75, 3.05) is 0 Å². The summed E-state index contributed by atoms with van der Waals surface area (Å²) in [7, 11) is 0. The molecule has 1 aliphatic carbocycles. The van der Waals surface area contributed by atoms with E-state index in [2.05, 4.69) is 52.0 Å². The molecule has 0 fully saturated rings. The van der Waals surface area contributed by atoms with Crippen LogP contribution in [0.2, 0.25) is 0 Å². The Labute approximate surface area is 310 Å². The zero-order chi connectivity index (χ0) is 41.4. The van der Waals surface area contributed by atoms with Crippen molar-refractivity contribution in [3.8, 4) is 33.4 Å². The first-order valence-corrected chi connectivity index (χ1v) is 17.6. The highest BCUT2D eigenvalue weighted by Gasteiger charge is 2.37. The van der Waals surface area contributed by atoms with Gasteiger partial charge in [0.2, 0.25) is 0 Å². The molecule has 0 saturated heterocycles. The molecule has 9 aromatic rings. The molecule has 1 aromatic heterocycles. The largest absolute Gasteiger partial charge is 0.463 e. The monoisotopic (exact) mass is 664 g/mol. The van der Waals surface area contributed by atoms with E-state index in [0.29, 0.717) is 27.7 Å². The standard InChI is InChI=1S/C50H40O/c1-49(2)26-27-50(3,4)45-29-33(24-25-44(45)49)36-18-11-19-41-43(30-51-48(36)41)47-39-16-9-7-14-37(39)46(38-15-8-10-17-40(38)47)34-23-22-32-21-20-31-12-5-6-13-35(31)42(32)28-34/h5-25,28-30H,26-27H2,1-4H3/i7D,8D,9D,10D,14D,15D,16D,17D. The number of fused-ring (bicyclic) bond motifs is 7. The second-order valence-electron chi connectivity index (χ2n) is 15.3. The van der Waals surface area contributed by atoms with E-state index < -0.39 is 24.2 Å². The minimum absolute atomic E-state index is 0.0207. The highest BCUT2D eigenvalue weighted by molar-refractivity contribution is 6.24. The maximum Gasteiger partial charge on any atom is 0.142 e. The Morgan fingerprint density at radius 3 is 1.80 bits per heavy atom. The van der Waals surface area contributed by atoms with Crippen molar-refractivity contribution in [3.63, 3.8) is 0 Å². The van der Waals surface area contributed by atoms with E-state index in [9.17, 15) is 5.48 Å². The molecule has 1 heterocycles. The van der Waals surface area contributed by atoms with Crippen molar-refractivity contribution in [1.29, 1.82) is 0 Å². The van der Waals surface area contributed by atoms with Crippen LogP contribution in [0.4, 0.5) is 0 Å². The summed E-state index contributed by atoms with van der Waals surface area (Å²) in [4.78, 5) is 0. The molecule has 0 amide bonds. The van der Waals surface area contributed by atoms with Crippen LogP contribution in [0.15, 0.2) is 150 Å². The van der Waals surface area contributed by atoms with E-state index in [1.165, 1.54) is 11.1 Å². The third-order valence-corrected chi connectivity index (χ3v) is 11.4. The molecular formula is C50H40O. The Morgan fingerprint density at radius 1 is 0.490 bits per heavy atom. The van der Waals surface area contributed by atoms with Gasteiger partial charge in [0.1, 0.15) is 5.58 Å². The predicted octanol–water partition coefficient (Wildman–Crippen LogP) is 14.4. The van der Waals surface area contributed by atoms with E-state index >= 15 is 0 Å². The fourth-order valence-electron chi connectivity index (χ4n) is 8.58. The zero-order valence-corrected chi connectivity index (χ0v) is 29.1. The van der Waals surface area contributed by atoms with E-state index in [1.807, 2.05) is 66.7 Å². The third-order valence-electron chi connectivity index (χ3n) is 11.4. The van der Waals surface area contributed by atoms with Crippen LogP contribution >= 0.6 is 0 Å². The SMILES string of the molecule is [2H]c1c([2H])c([2H])c2c(-c3coc4c(-c5ccc6c(c5)C(C)(C)CCC6(C)C)cccc34)c3c([2H])c([2H])c([2H])c([2H])c3c(-c3ccc4ccc5ccccc5c4c3)c2c1[2H]. The quantitative estimate of drug-likeness (QED) is 0.135. The van der Waals surface area contributed by atoms with Crippen LogP contribution in [0.3, 0.4) is 0 Å². The van der Waals surface area contributed by atoms with E-state index in [0.717, 1.165) is 45.5 Å². The van der Waals surface area contributed by atoms with E-state index in [4.69, 9.17) is 9.90 Å². The van der Waals surface area contributed by atoms with Gasteiger partial charge >= 0.3 is 0 Å². The lowest BCUT2D eigenvalue weighted by atomic mass is 9.63. The van der Waals surface area contributed by atoms with Crippen LogP contribution in [0.1, 0.15) is 62.6 Å². The Kier molecular flexibility index (Phi) is 4.91. The van der Waals surface area contributed by atoms with Gasteiger partial charge in [0.25, 0.3) is 0 Å². The van der Waals surface area contributed by atoms with Crippen molar-refractivity contribution in [2.45, 2.75) is 51.4 Å². The van der Waals surface area contributed by atoms with Crippen molar-refractivity contribution in [1.82, 2.24) is 0 Å². The average molecular weight is 665 g/mol. The maximum absolute atomic E-state index is 9.49. The topological polar surface area (TPSA) is 13.1 Å². The van der Waals surface area contributed by atoms with Gasteiger partial charge in [-0.1, -0.05) is 161 Å². The van der Waals surface area contributed by atoms with Crippen molar-refractivity contribution >= 4 is 54.1 Å². The molecule has 246 valence electrons. The van der Waals surface area contributed by atoms with Crippen LogP contribution < -0.4 is 0 Å². The smallest absolute Gasteiger partial charge is 0.142 e. The Morgan fingerprint density at radius 2 is 1.08 bits per heavy atom. The molecule has 0 bridgehead atoms. The molecule has 0 N–H and O–H groups in total. The first-order valence-electron chi connectivity index (χ1n) is 21.6. The second kappa shape index (κ2) is 10.9. The van der Waals surface area contributed by atoms with Crippen molar-refractivity contribution < 1.29 is 15.4 Å². The lowest BCUT2D eigenvalue weighted by molar-refractivity contribution is 0.332. The maximum atomic E-state index is 9.49. The summed E-state index contributed by atoms with van der Waals surface area (Å²) in [5.41, 5.74) is 6.72. The molecule has 8 aromatic carbocycles. The number of benzene rings is 8. The lowest BCUT2D eigenvalue weighted by Crippen LogP contribution is -2.33. The van der Waals surface area contributed by atoms with Gasteiger partial charge < -0.3 is 4.42 Å². The summed E-state index contributed by atoms with van der Waals surface area (Å²) < 4.78 is 80.0. The summed E-state index contributed by atoms with van der Waals surface area (Å²) >= 11 is 0. The predicted molar refractivity (Wildman–Crippen MR) is 218 cm³/mol. The van der Waals surface area contributed by atoms with Crippen LogP contribution in [0.25, 0.3) is 87.4 Å². The van der Waals surface area contributed by atoms with Crippen molar-refractivity contribution in [2.24, 2.45) is 0 Å². The molecule has 0 aliphatic heterocycles. The molecule has 1 heteroatoms. The molecule has 0 saturated carbocycles. The zero-order valence-electron chi connectivity index (χ0n) is 37.1. The van der Waals surface area contributed by atoms with Crippen LogP contribution in [-0.4, -0.2) is 0 Å². The number of furan rings is 1. The fraction of sp³-hybridized carbons (Fsp3) is 0.160. The normalized spacial score (nSPS) is 17.4. The van der Waals surface area contributed by atoms with Crippen LogP contribution in [0, 0.1) is 0 Å². The van der Waals surface area contributed by atoms with Gasteiger partial charge in [-0.05, 0) is 101 Å². The highest BCUT2D eigenvalue weighted by atomic mass is 16.3. The number of hydrogen-bond donors (Lipinski definition) is 0. The number of hydrogen-bond acceptors (Lipinski definition) is 1. The number of para-hydroxylation sites is 1. The summed E-state index contributed by atoms with van der Waals surface area (Å²) in [5.74, 6) is 0. The van der Waals surface area contributed by atoms with Gasteiger partial charge in [-0.3, -0.25) is 0 Å². The van der Waals surface area contributed by atoms with Crippen LogP contribution in [0.5, 0.6) is 0 Å². The van der Waals surface area contributed by atoms with Gasteiger partial charge in [-0.25, -0.2) is 0 Å². The molecule has 10 rings (SSSR count). The summed E-state index contributed by atoms with van der Waals surface area (Å²) in [6.45, 7) is 9.18. The lowest BCUT2D eigenvalue weighted by Gasteiger charge is -2.42. The fourth-order valence-corrected chi connectivity index (χ4v) is 8.58. The van der Waals surface area contributed by atoms with Gasteiger partial charge in [0, 0.05) is 22.1 Å². The first-order chi connectivity index (χ1) is 28.1. The van der Waals surface area contributed by atoms with Crippen molar-refractivity contribution in [3.05, 3.63) is 157 Å². The Bertz CT molecular complexity index is 3240. The molecule has 0 unspecified atom stereocenters. The Balaban J connectivity index is 1.34. The molecule has 0 atom stereocenters. The summed E-state index contributed by atoms with van der Waals surface area (Å²) in [6, 6.07) is 27.4. The van der Waals surface area contributed by atoms with Gasteiger partial charge in [-0.15, -0.1) is 0 Å². The van der Waals surface area contributed by atoms with Gasteiger partial charge in [0.05, 0.1) is 17.2 Å². The molecule has 1 nitrogen and oxygen atoms in total. The number of rotatable bonds is 3. The van der Waals surface area contributed by atoms with Gasteiger partial charge in [0.15, 0.2) is 0 Å². The summed E-state index contributed by atoms with van der Waals surface area (Å²) in [5, 5.41) is 5.23. The minimum atomic E-state index is -0.438. The van der Waals surface area contributed by atoms with E-state index in [-0.39, 0.29) is 62.1 Å². The average Bonchev–Trinajstić information content (AvgIpc) is 3.67. The van der Waals surface area contributed by atoms with Crippen LogP contribution in [-0.2, 0) is 10.8 Å². The summed E-state index contributed by atoms with van der Waals surface area (Å²) in [6.07, 6.45) is 3.73. The minimum Gasteiger partial charge on any atom is -0.463 e. The molecule has 51 heavy (non-hydrogen) atoms. The van der Waals surface area contributed by atoms with Gasteiger partial charge in [-0.2, -0.15) is 0 Å². The molecular weight excluding hydrogens is 617 g/mol.